The average Bonchev–Trinajstić information content (AvgIpc) is 2.70. The van der Waals surface area contributed by atoms with E-state index in [2.05, 4.69) is 32.3 Å². The molecule has 1 heterocycles. The minimum Gasteiger partial charge on any atom is -0.466 e. The summed E-state index contributed by atoms with van der Waals surface area (Å²) in [6.45, 7) is -0.402. The molecule has 1 aromatic rings. The molecule has 1 rings (SSSR count). The van der Waals surface area contributed by atoms with Gasteiger partial charge in [-0.15, -0.1) is 11.3 Å². The van der Waals surface area contributed by atoms with Gasteiger partial charge in [-0.2, -0.15) is 0 Å². The lowest BCUT2D eigenvalue weighted by molar-refractivity contribution is -0.145. The number of esters is 1. The maximum Gasteiger partial charge on any atom is 0.346 e. The molecule has 0 unspecified atom stereocenters. The normalized spacial score (nSPS) is 11.1. The minimum absolute atomic E-state index is 0.120. The Labute approximate surface area is 106 Å². The SMILES string of the molecule is COC(=O)CO/N=C(\C(=O)S)c1csc(N)n1. The van der Waals surface area contributed by atoms with Crippen molar-refractivity contribution in [3.63, 3.8) is 0 Å². The van der Waals surface area contributed by atoms with Gasteiger partial charge in [-0.1, -0.05) is 17.8 Å². The van der Waals surface area contributed by atoms with Crippen molar-refractivity contribution in [3.05, 3.63) is 11.1 Å². The lowest BCUT2D eigenvalue weighted by Crippen LogP contribution is -2.14. The number of carbonyl (C=O) groups excluding carboxylic acids is 2. The number of rotatable bonds is 5. The number of nitrogen functional groups attached to an aromatic ring is 1. The molecule has 0 atom stereocenters. The summed E-state index contributed by atoms with van der Waals surface area (Å²) in [6, 6.07) is 0. The Morgan fingerprint density at radius 3 is 2.82 bits per heavy atom. The van der Waals surface area contributed by atoms with Gasteiger partial charge in [-0.25, -0.2) is 9.78 Å². The lowest BCUT2D eigenvalue weighted by Gasteiger charge is -1.99. The Kier molecular flexibility index (Phi) is 4.91. The van der Waals surface area contributed by atoms with E-state index in [0.717, 1.165) is 11.3 Å². The van der Waals surface area contributed by atoms with E-state index < -0.39 is 17.7 Å². The van der Waals surface area contributed by atoms with Crippen LogP contribution in [0.4, 0.5) is 5.13 Å². The highest BCUT2D eigenvalue weighted by Crippen LogP contribution is 2.13. The summed E-state index contributed by atoms with van der Waals surface area (Å²) in [5.74, 6) is -0.613. The topological polar surface area (TPSA) is 104 Å². The fourth-order valence-corrected chi connectivity index (χ4v) is 1.50. The molecule has 1 aromatic heterocycles. The summed E-state index contributed by atoms with van der Waals surface area (Å²) in [5, 5.41) is 4.65. The van der Waals surface area contributed by atoms with Gasteiger partial charge in [0, 0.05) is 5.38 Å². The molecule has 0 radical (unpaired) electrons. The molecular formula is C8H9N3O4S2. The van der Waals surface area contributed by atoms with Crippen molar-refractivity contribution in [1.82, 2.24) is 4.98 Å². The zero-order valence-corrected chi connectivity index (χ0v) is 10.5. The maximum absolute atomic E-state index is 11.2. The molecule has 0 bridgehead atoms. The molecule has 0 spiro atoms. The van der Waals surface area contributed by atoms with Gasteiger partial charge in [0.2, 0.25) is 11.7 Å². The Bertz CT molecular complexity index is 457. The molecule has 0 aliphatic heterocycles. The first-order valence-corrected chi connectivity index (χ1v) is 5.58. The van der Waals surface area contributed by atoms with Crippen molar-refractivity contribution in [3.8, 4) is 0 Å². The maximum atomic E-state index is 11.2. The van der Waals surface area contributed by atoms with Gasteiger partial charge in [-0.05, 0) is 0 Å². The van der Waals surface area contributed by atoms with Crippen LogP contribution >= 0.6 is 24.0 Å². The number of methoxy groups -OCH3 is 1. The van der Waals surface area contributed by atoms with Crippen molar-refractivity contribution < 1.29 is 19.2 Å². The van der Waals surface area contributed by atoms with Gasteiger partial charge in [0.05, 0.1) is 7.11 Å². The third kappa shape index (κ3) is 4.04. The summed E-state index contributed by atoms with van der Waals surface area (Å²) in [4.78, 5) is 30.4. The number of aromatic nitrogens is 1. The number of hydrogen-bond acceptors (Lipinski definition) is 8. The lowest BCUT2D eigenvalue weighted by atomic mass is 10.3. The smallest absolute Gasteiger partial charge is 0.346 e. The number of carbonyl (C=O) groups is 2. The monoisotopic (exact) mass is 275 g/mol. The molecule has 0 fully saturated rings. The summed E-state index contributed by atoms with van der Waals surface area (Å²) in [6.07, 6.45) is 0. The summed E-state index contributed by atoms with van der Waals surface area (Å²) >= 11 is 4.77. The second kappa shape index (κ2) is 6.21. The van der Waals surface area contributed by atoms with Crippen LogP contribution in [-0.4, -0.2) is 35.5 Å². The number of ether oxygens (including phenoxy) is 1. The first kappa shape index (κ1) is 13.5. The fourth-order valence-electron chi connectivity index (χ4n) is 0.800. The van der Waals surface area contributed by atoms with Gasteiger partial charge >= 0.3 is 5.97 Å². The Morgan fingerprint density at radius 2 is 2.35 bits per heavy atom. The van der Waals surface area contributed by atoms with E-state index in [-0.39, 0.29) is 16.5 Å². The molecule has 2 N–H and O–H groups in total. The molecule has 17 heavy (non-hydrogen) atoms. The van der Waals surface area contributed by atoms with E-state index >= 15 is 0 Å². The molecule has 0 saturated carbocycles. The van der Waals surface area contributed by atoms with E-state index in [1.165, 1.54) is 12.5 Å². The van der Waals surface area contributed by atoms with Crippen LogP contribution in [0.2, 0.25) is 0 Å². The zero-order valence-electron chi connectivity index (χ0n) is 8.74. The van der Waals surface area contributed by atoms with Crippen LogP contribution in [0.3, 0.4) is 0 Å². The van der Waals surface area contributed by atoms with E-state index in [0.29, 0.717) is 0 Å². The van der Waals surface area contributed by atoms with E-state index in [9.17, 15) is 9.59 Å². The molecule has 0 saturated heterocycles. The van der Waals surface area contributed by atoms with Crippen LogP contribution < -0.4 is 5.73 Å². The van der Waals surface area contributed by atoms with Crippen molar-refractivity contribution >= 4 is 45.9 Å². The number of oxime groups is 1. The third-order valence-corrected chi connectivity index (χ3v) is 2.42. The van der Waals surface area contributed by atoms with Crippen LogP contribution in [0.1, 0.15) is 5.69 Å². The number of nitrogens with zero attached hydrogens (tertiary/aromatic N) is 2. The largest absolute Gasteiger partial charge is 0.466 e. The van der Waals surface area contributed by atoms with Gasteiger partial charge in [0.1, 0.15) is 5.69 Å². The van der Waals surface area contributed by atoms with Crippen molar-refractivity contribution in [2.24, 2.45) is 5.16 Å². The molecular weight excluding hydrogens is 266 g/mol. The molecule has 0 aromatic carbocycles. The predicted octanol–water partition coefficient (Wildman–Crippen LogP) is 0.0754. The first-order valence-electron chi connectivity index (χ1n) is 4.26. The van der Waals surface area contributed by atoms with Gasteiger partial charge in [0.25, 0.3) is 0 Å². The number of nitrogens with two attached hydrogens (primary N) is 1. The molecule has 0 amide bonds. The first-order chi connectivity index (χ1) is 8.04. The van der Waals surface area contributed by atoms with Crippen LogP contribution in [0.15, 0.2) is 10.5 Å². The van der Waals surface area contributed by atoms with E-state index in [1.807, 2.05) is 0 Å². The Morgan fingerprint density at radius 1 is 1.65 bits per heavy atom. The fraction of sp³-hybridized carbons (Fsp3) is 0.250. The van der Waals surface area contributed by atoms with Crippen LogP contribution in [0.5, 0.6) is 0 Å². The molecule has 92 valence electrons. The summed E-state index contributed by atoms with van der Waals surface area (Å²) in [5.41, 5.74) is 5.54. The Balaban J connectivity index is 2.76. The van der Waals surface area contributed by atoms with E-state index in [4.69, 9.17) is 5.73 Å². The number of anilines is 1. The Hall–Kier alpha value is -1.61. The minimum atomic E-state index is -0.639. The molecule has 9 heteroatoms. The van der Waals surface area contributed by atoms with Crippen molar-refractivity contribution in [2.75, 3.05) is 19.5 Å². The summed E-state index contributed by atoms with van der Waals surface area (Å²) < 4.78 is 4.33. The molecule has 7 nitrogen and oxygen atoms in total. The standard InChI is InChI=1S/C8H9N3O4S2/c1-14-5(12)2-15-11-6(7(13)16)4-3-17-8(9)10-4/h3H,2H2,1H3,(H2,9,10)(H,13,16)/b11-6-. The second-order valence-electron chi connectivity index (χ2n) is 2.67. The zero-order chi connectivity index (χ0) is 12.8. The predicted molar refractivity (Wildman–Crippen MR) is 65.0 cm³/mol. The number of thiol groups is 1. The third-order valence-electron chi connectivity index (χ3n) is 1.53. The van der Waals surface area contributed by atoms with Gasteiger partial charge in [0.15, 0.2) is 10.8 Å². The highest BCUT2D eigenvalue weighted by atomic mass is 32.1. The van der Waals surface area contributed by atoms with Gasteiger partial charge in [-0.3, -0.25) is 4.79 Å². The molecule has 0 aliphatic carbocycles. The number of hydrogen-bond donors (Lipinski definition) is 2. The quantitative estimate of drug-likeness (QED) is 0.341. The highest BCUT2D eigenvalue weighted by Gasteiger charge is 2.15. The van der Waals surface area contributed by atoms with Crippen LogP contribution in [0.25, 0.3) is 0 Å². The average molecular weight is 275 g/mol. The van der Waals surface area contributed by atoms with Crippen molar-refractivity contribution in [2.45, 2.75) is 0 Å². The van der Waals surface area contributed by atoms with Crippen LogP contribution in [0, 0.1) is 0 Å². The van der Waals surface area contributed by atoms with Crippen LogP contribution in [-0.2, 0) is 19.2 Å². The van der Waals surface area contributed by atoms with Gasteiger partial charge < -0.3 is 15.3 Å². The second-order valence-corrected chi connectivity index (χ2v) is 3.96. The number of thiazole rings is 1. The van der Waals surface area contributed by atoms with Crippen molar-refractivity contribution in [1.29, 1.82) is 0 Å². The molecule has 0 aliphatic rings. The highest BCUT2D eigenvalue weighted by molar-refractivity contribution is 7.99. The summed E-state index contributed by atoms with van der Waals surface area (Å²) in [7, 11) is 1.21. The van der Waals surface area contributed by atoms with E-state index in [1.54, 1.807) is 0 Å².